The summed E-state index contributed by atoms with van der Waals surface area (Å²) in [6.45, 7) is 1.78. The number of sulfonamides is 1. The summed E-state index contributed by atoms with van der Waals surface area (Å²) in [4.78, 5) is 9.79. The fourth-order valence-corrected chi connectivity index (χ4v) is 2.21. The molecule has 0 bridgehead atoms. The van der Waals surface area contributed by atoms with Crippen LogP contribution in [0.25, 0.3) is 0 Å². The molecule has 0 aromatic heterocycles. The Labute approximate surface area is 98.8 Å². The van der Waals surface area contributed by atoms with Gasteiger partial charge in [0, 0.05) is 24.7 Å². The minimum absolute atomic E-state index is 0.0243. The zero-order valence-electron chi connectivity index (χ0n) is 9.16. The Morgan fingerprint density at radius 3 is 2.35 bits per heavy atom. The van der Waals surface area contributed by atoms with Crippen molar-refractivity contribution in [3.05, 3.63) is 34.4 Å². The highest BCUT2D eigenvalue weighted by atomic mass is 32.2. The smallest absolute Gasteiger partial charge is 0.269 e. The predicted octanol–water partition coefficient (Wildman–Crippen LogP) is 0.220. The SMILES string of the molecule is CC(N)CNS(=O)(=O)c1ccc([N+](=O)[O-])cc1. The topological polar surface area (TPSA) is 115 Å². The Morgan fingerprint density at radius 2 is 1.94 bits per heavy atom. The third-order valence-corrected chi connectivity index (χ3v) is 3.39. The third kappa shape index (κ3) is 3.77. The fraction of sp³-hybridized carbons (Fsp3) is 0.333. The van der Waals surface area contributed by atoms with Gasteiger partial charge in [-0.2, -0.15) is 0 Å². The van der Waals surface area contributed by atoms with Crippen molar-refractivity contribution in [2.75, 3.05) is 6.54 Å². The average molecular weight is 259 g/mol. The second-order valence-electron chi connectivity index (χ2n) is 3.58. The van der Waals surface area contributed by atoms with Crippen molar-refractivity contribution in [1.82, 2.24) is 4.72 Å². The fourth-order valence-electron chi connectivity index (χ4n) is 1.07. The first kappa shape index (κ1) is 13.6. The number of hydrogen-bond donors (Lipinski definition) is 2. The summed E-state index contributed by atoms with van der Waals surface area (Å²) in [6, 6.07) is 4.34. The van der Waals surface area contributed by atoms with E-state index in [0.29, 0.717) is 0 Å². The highest BCUT2D eigenvalue weighted by Gasteiger charge is 2.15. The molecule has 8 heteroatoms. The molecular weight excluding hydrogens is 246 g/mol. The van der Waals surface area contributed by atoms with Crippen molar-refractivity contribution >= 4 is 15.7 Å². The van der Waals surface area contributed by atoms with Crippen LogP contribution in [-0.4, -0.2) is 25.9 Å². The summed E-state index contributed by atoms with van der Waals surface area (Å²) in [7, 11) is -3.65. The minimum Gasteiger partial charge on any atom is -0.327 e. The van der Waals surface area contributed by atoms with Crippen LogP contribution in [0.15, 0.2) is 29.2 Å². The molecule has 0 amide bonds. The Kier molecular flexibility index (Phi) is 4.16. The maximum absolute atomic E-state index is 11.7. The highest BCUT2D eigenvalue weighted by molar-refractivity contribution is 7.89. The van der Waals surface area contributed by atoms with Crippen molar-refractivity contribution in [3.8, 4) is 0 Å². The van der Waals surface area contributed by atoms with Gasteiger partial charge in [0.1, 0.15) is 0 Å². The van der Waals surface area contributed by atoms with Gasteiger partial charge in [0.2, 0.25) is 10.0 Å². The number of non-ortho nitro benzene ring substituents is 1. The lowest BCUT2D eigenvalue weighted by Crippen LogP contribution is -2.35. The lowest BCUT2D eigenvalue weighted by Gasteiger charge is -2.08. The molecule has 0 fully saturated rings. The van der Waals surface area contributed by atoms with Crippen molar-refractivity contribution in [2.45, 2.75) is 17.9 Å². The van der Waals surface area contributed by atoms with E-state index < -0.39 is 14.9 Å². The summed E-state index contributed by atoms with van der Waals surface area (Å²) >= 11 is 0. The van der Waals surface area contributed by atoms with Gasteiger partial charge in [-0.05, 0) is 19.1 Å². The molecule has 0 radical (unpaired) electrons. The largest absolute Gasteiger partial charge is 0.327 e. The van der Waals surface area contributed by atoms with Crippen LogP contribution in [0.4, 0.5) is 5.69 Å². The van der Waals surface area contributed by atoms with Crippen LogP contribution in [0, 0.1) is 10.1 Å². The summed E-state index contributed by atoms with van der Waals surface area (Å²) < 4.78 is 25.7. The van der Waals surface area contributed by atoms with Crippen LogP contribution < -0.4 is 10.5 Å². The monoisotopic (exact) mass is 259 g/mol. The maximum Gasteiger partial charge on any atom is 0.269 e. The maximum atomic E-state index is 11.7. The second kappa shape index (κ2) is 5.21. The van der Waals surface area contributed by atoms with Gasteiger partial charge >= 0.3 is 0 Å². The molecule has 0 spiro atoms. The predicted molar refractivity (Wildman–Crippen MR) is 61.9 cm³/mol. The van der Waals surface area contributed by atoms with Gasteiger partial charge in [0.25, 0.3) is 5.69 Å². The van der Waals surface area contributed by atoms with Crippen LogP contribution in [-0.2, 0) is 10.0 Å². The Hall–Kier alpha value is -1.51. The average Bonchev–Trinajstić information content (AvgIpc) is 2.27. The van der Waals surface area contributed by atoms with E-state index in [-0.39, 0.29) is 23.2 Å². The van der Waals surface area contributed by atoms with Gasteiger partial charge in [0.05, 0.1) is 9.82 Å². The number of nitro benzene ring substituents is 1. The van der Waals surface area contributed by atoms with Crippen molar-refractivity contribution in [1.29, 1.82) is 0 Å². The van der Waals surface area contributed by atoms with Gasteiger partial charge in [-0.15, -0.1) is 0 Å². The normalized spacial score (nSPS) is 13.3. The van der Waals surface area contributed by atoms with Crippen LogP contribution in [0.3, 0.4) is 0 Å². The molecular formula is C9H13N3O4S. The van der Waals surface area contributed by atoms with Crippen LogP contribution in [0.5, 0.6) is 0 Å². The summed E-state index contributed by atoms with van der Waals surface area (Å²) in [5.41, 5.74) is 5.27. The molecule has 3 N–H and O–H groups in total. The first-order valence-corrected chi connectivity index (χ1v) is 6.31. The van der Waals surface area contributed by atoms with Crippen LogP contribution >= 0.6 is 0 Å². The molecule has 0 aliphatic heterocycles. The van der Waals surface area contributed by atoms with E-state index in [9.17, 15) is 18.5 Å². The number of hydrogen-bond acceptors (Lipinski definition) is 5. The Balaban J connectivity index is 2.89. The van der Waals surface area contributed by atoms with E-state index in [2.05, 4.69) is 4.72 Å². The molecule has 94 valence electrons. The van der Waals surface area contributed by atoms with Gasteiger partial charge in [-0.3, -0.25) is 10.1 Å². The van der Waals surface area contributed by atoms with E-state index >= 15 is 0 Å². The van der Waals surface area contributed by atoms with Gasteiger partial charge in [-0.1, -0.05) is 0 Å². The van der Waals surface area contributed by atoms with Crippen LogP contribution in [0.2, 0.25) is 0 Å². The molecule has 1 atom stereocenters. The molecule has 0 heterocycles. The number of nitrogens with zero attached hydrogens (tertiary/aromatic N) is 1. The van der Waals surface area contributed by atoms with Crippen molar-refractivity contribution in [3.63, 3.8) is 0 Å². The highest BCUT2D eigenvalue weighted by Crippen LogP contribution is 2.15. The number of benzene rings is 1. The molecule has 1 rings (SSSR count). The number of nitro groups is 1. The summed E-state index contributed by atoms with van der Waals surface area (Å²) in [5.74, 6) is 0. The molecule has 7 nitrogen and oxygen atoms in total. The number of nitrogens with two attached hydrogens (primary N) is 1. The van der Waals surface area contributed by atoms with E-state index in [1.165, 1.54) is 12.1 Å². The van der Waals surface area contributed by atoms with E-state index in [1.807, 2.05) is 0 Å². The molecule has 1 aromatic rings. The first-order chi connectivity index (χ1) is 7.83. The zero-order valence-corrected chi connectivity index (χ0v) is 9.98. The van der Waals surface area contributed by atoms with Gasteiger partial charge in [0.15, 0.2) is 0 Å². The van der Waals surface area contributed by atoms with E-state index in [1.54, 1.807) is 6.92 Å². The molecule has 0 aliphatic rings. The van der Waals surface area contributed by atoms with Crippen molar-refractivity contribution in [2.24, 2.45) is 5.73 Å². The summed E-state index contributed by atoms with van der Waals surface area (Å²) in [5, 5.41) is 10.4. The lowest BCUT2D eigenvalue weighted by atomic mass is 10.3. The molecule has 0 aliphatic carbocycles. The van der Waals surface area contributed by atoms with Crippen molar-refractivity contribution < 1.29 is 13.3 Å². The van der Waals surface area contributed by atoms with Gasteiger partial charge < -0.3 is 5.73 Å². The third-order valence-electron chi connectivity index (χ3n) is 1.95. The first-order valence-electron chi connectivity index (χ1n) is 4.82. The zero-order chi connectivity index (χ0) is 13.1. The Morgan fingerprint density at radius 1 is 1.41 bits per heavy atom. The Bertz CT molecular complexity index is 495. The lowest BCUT2D eigenvalue weighted by molar-refractivity contribution is -0.384. The second-order valence-corrected chi connectivity index (χ2v) is 5.35. The number of nitrogens with one attached hydrogen (secondary N) is 1. The summed E-state index contributed by atoms with van der Waals surface area (Å²) in [6.07, 6.45) is 0. The molecule has 1 unspecified atom stereocenters. The van der Waals surface area contributed by atoms with Gasteiger partial charge in [-0.25, -0.2) is 13.1 Å². The minimum atomic E-state index is -3.65. The molecule has 17 heavy (non-hydrogen) atoms. The van der Waals surface area contributed by atoms with Crippen LogP contribution in [0.1, 0.15) is 6.92 Å². The molecule has 1 aromatic carbocycles. The van der Waals surface area contributed by atoms with E-state index in [4.69, 9.17) is 5.73 Å². The quantitative estimate of drug-likeness (QED) is 0.579. The number of rotatable bonds is 5. The van der Waals surface area contributed by atoms with E-state index in [0.717, 1.165) is 12.1 Å². The molecule has 0 saturated heterocycles. The standard InChI is InChI=1S/C9H13N3O4S/c1-7(10)6-11-17(15,16)9-4-2-8(3-5-9)12(13)14/h2-5,7,11H,6,10H2,1H3. The molecule has 0 saturated carbocycles.